The van der Waals surface area contributed by atoms with Gasteiger partial charge in [-0.3, -0.25) is 4.99 Å². The summed E-state index contributed by atoms with van der Waals surface area (Å²) in [6.07, 6.45) is 4.55. The van der Waals surface area contributed by atoms with Crippen molar-refractivity contribution in [2.45, 2.75) is 33.4 Å². The van der Waals surface area contributed by atoms with Gasteiger partial charge >= 0.3 is 0 Å². The molecule has 24 heavy (non-hydrogen) atoms. The maximum atomic E-state index is 13.2. The third-order valence-corrected chi connectivity index (χ3v) is 3.60. The van der Waals surface area contributed by atoms with E-state index in [1.165, 1.54) is 6.07 Å². The number of halogens is 1. The molecule has 0 radical (unpaired) electrons. The van der Waals surface area contributed by atoms with E-state index >= 15 is 0 Å². The Morgan fingerprint density at radius 1 is 1.33 bits per heavy atom. The molecule has 0 fully saturated rings. The molecule has 0 aliphatic carbocycles. The summed E-state index contributed by atoms with van der Waals surface area (Å²) in [5, 5.41) is 6.50. The summed E-state index contributed by atoms with van der Waals surface area (Å²) < 4.78 is 15.3. The van der Waals surface area contributed by atoms with Crippen LogP contribution in [0.4, 0.5) is 4.39 Å². The van der Waals surface area contributed by atoms with E-state index in [1.807, 2.05) is 18.5 Å². The van der Waals surface area contributed by atoms with Gasteiger partial charge in [-0.2, -0.15) is 0 Å². The first-order valence-electron chi connectivity index (χ1n) is 8.27. The van der Waals surface area contributed by atoms with E-state index in [9.17, 15) is 4.39 Å². The van der Waals surface area contributed by atoms with Gasteiger partial charge in [0.1, 0.15) is 11.6 Å². The Morgan fingerprint density at radius 3 is 2.88 bits per heavy atom. The zero-order valence-electron chi connectivity index (χ0n) is 14.6. The number of nitrogens with zero attached hydrogens (tertiary/aromatic N) is 3. The first kappa shape index (κ1) is 18.0. The molecule has 1 aromatic heterocycles. The molecule has 2 rings (SSSR count). The lowest BCUT2D eigenvalue weighted by Gasteiger charge is -2.14. The fraction of sp³-hybridized carbons (Fsp3) is 0.444. The summed E-state index contributed by atoms with van der Waals surface area (Å²) in [5.41, 5.74) is 0.963. The fourth-order valence-electron chi connectivity index (χ4n) is 2.47. The van der Waals surface area contributed by atoms with E-state index in [2.05, 4.69) is 39.0 Å². The monoisotopic (exact) mass is 331 g/mol. The average Bonchev–Trinajstić information content (AvgIpc) is 2.97. The standard InChI is InChI=1S/C18H26FN5/c1-14(2)13-24-10-9-21-17(24)12-23-18(20-3)22-8-7-15-5-4-6-16(19)11-15/h4-6,9-11,14H,7-8,12-13H2,1-3H3,(H2,20,22,23). The summed E-state index contributed by atoms with van der Waals surface area (Å²) in [4.78, 5) is 8.60. The van der Waals surface area contributed by atoms with E-state index in [-0.39, 0.29) is 5.82 Å². The zero-order valence-corrected chi connectivity index (χ0v) is 14.6. The van der Waals surface area contributed by atoms with Crippen molar-refractivity contribution in [2.75, 3.05) is 13.6 Å². The molecule has 0 saturated carbocycles. The number of hydrogen-bond acceptors (Lipinski definition) is 2. The van der Waals surface area contributed by atoms with Crippen LogP contribution in [0.5, 0.6) is 0 Å². The summed E-state index contributed by atoms with van der Waals surface area (Å²) >= 11 is 0. The van der Waals surface area contributed by atoms with Gasteiger partial charge in [-0.05, 0) is 30.0 Å². The highest BCUT2D eigenvalue weighted by molar-refractivity contribution is 5.79. The molecule has 6 heteroatoms. The largest absolute Gasteiger partial charge is 0.356 e. The zero-order chi connectivity index (χ0) is 17.4. The minimum atomic E-state index is -0.202. The van der Waals surface area contributed by atoms with Crippen LogP contribution in [0.1, 0.15) is 25.2 Å². The molecule has 5 nitrogen and oxygen atoms in total. The second kappa shape index (κ2) is 9.05. The minimum Gasteiger partial charge on any atom is -0.356 e. The molecule has 1 aromatic carbocycles. The van der Waals surface area contributed by atoms with E-state index < -0.39 is 0 Å². The van der Waals surface area contributed by atoms with E-state index in [1.54, 1.807) is 19.2 Å². The third-order valence-electron chi connectivity index (χ3n) is 3.60. The number of rotatable bonds is 7. The molecule has 0 aliphatic heterocycles. The molecule has 1 heterocycles. The van der Waals surface area contributed by atoms with Gasteiger partial charge in [-0.25, -0.2) is 9.37 Å². The fourth-order valence-corrected chi connectivity index (χ4v) is 2.47. The first-order valence-corrected chi connectivity index (χ1v) is 8.27. The summed E-state index contributed by atoms with van der Waals surface area (Å²) in [6.45, 7) is 6.61. The average molecular weight is 331 g/mol. The molecule has 2 N–H and O–H groups in total. The maximum Gasteiger partial charge on any atom is 0.191 e. The Balaban J connectivity index is 1.79. The third kappa shape index (κ3) is 5.68. The van der Waals surface area contributed by atoms with Crippen LogP contribution < -0.4 is 10.6 Å². The Morgan fingerprint density at radius 2 is 2.17 bits per heavy atom. The molecule has 0 aliphatic rings. The molecular formula is C18H26FN5. The van der Waals surface area contributed by atoms with Gasteiger partial charge in [0.05, 0.1) is 6.54 Å². The van der Waals surface area contributed by atoms with Crippen LogP contribution in [0.3, 0.4) is 0 Å². The molecule has 0 saturated heterocycles. The van der Waals surface area contributed by atoms with Crippen molar-refractivity contribution < 1.29 is 4.39 Å². The SMILES string of the molecule is CN=C(NCCc1cccc(F)c1)NCc1nccn1CC(C)C. The van der Waals surface area contributed by atoms with Gasteiger partial charge in [0.15, 0.2) is 5.96 Å². The van der Waals surface area contributed by atoms with Gasteiger partial charge in [0.2, 0.25) is 0 Å². The highest BCUT2D eigenvalue weighted by Gasteiger charge is 2.06. The Bertz CT molecular complexity index is 663. The minimum absolute atomic E-state index is 0.202. The van der Waals surface area contributed by atoms with Crippen molar-refractivity contribution in [2.24, 2.45) is 10.9 Å². The highest BCUT2D eigenvalue weighted by Crippen LogP contribution is 2.04. The number of guanidine groups is 1. The summed E-state index contributed by atoms with van der Waals surface area (Å²) in [7, 11) is 1.73. The number of imidazole rings is 1. The van der Waals surface area contributed by atoms with E-state index in [0.717, 1.165) is 24.4 Å². The van der Waals surface area contributed by atoms with E-state index in [0.29, 0.717) is 25.0 Å². The second-order valence-electron chi connectivity index (χ2n) is 6.12. The summed E-state index contributed by atoms with van der Waals surface area (Å²) in [5.74, 6) is 2.07. The molecule has 0 atom stereocenters. The number of hydrogen-bond donors (Lipinski definition) is 2. The van der Waals surface area contributed by atoms with Crippen molar-refractivity contribution in [3.63, 3.8) is 0 Å². The van der Waals surface area contributed by atoms with Crippen molar-refractivity contribution in [1.82, 2.24) is 20.2 Å². The van der Waals surface area contributed by atoms with Crippen molar-refractivity contribution in [3.8, 4) is 0 Å². The molecule has 2 aromatic rings. The molecule has 0 amide bonds. The van der Waals surface area contributed by atoms with Crippen LogP contribution in [0.2, 0.25) is 0 Å². The van der Waals surface area contributed by atoms with Crippen LogP contribution in [-0.2, 0) is 19.5 Å². The van der Waals surface area contributed by atoms with Gasteiger partial charge in [-0.15, -0.1) is 0 Å². The summed E-state index contributed by atoms with van der Waals surface area (Å²) in [6, 6.07) is 6.66. The van der Waals surface area contributed by atoms with Gasteiger partial charge in [0.25, 0.3) is 0 Å². The number of aromatic nitrogens is 2. The predicted octanol–water partition coefficient (Wildman–Crippen LogP) is 2.59. The lowest BCUT2D eigenvalue weighted by atomic mass is 10.1. The van der Waals surface area contributed by atoms with Gasteiger partial charge < -0.3 is 15.2 Å². The van der Waals surface area contributed by atoms with Gasteiger partial charge in [-0.1, -0.05) is 26.0 Å². The molecule has 0 unspecified atom stereocenters. The van der Waals surface area contributed by atoms with Crippen LogP contribution in [-0.4, -0.2) is 29.1 Å². The highest BCUT2D eigenvalue weighted by atomic mass is 19.1. The lowest BCUT2D eigenvalue weighted by molar-refractivity contribution is 0.503. The van der Waals surface area contributed by atoms with Crippen molar-refractivity contribution >= 4 is 5.96 Å². The van der Waals surface area contributed by atoms with Crippen LogP contribution in [0.25, 0.3) is 0 Å². The quantitative estimate of drug-likeness (QED) is 0.606. The van der Waals surface area contributed by atoms with Crippen LogP contribution in [0.15, 0.2) is 41.7 Å². The number of nitrogens with one attached hydrogen (secondary N) is 2. The number of benzene rings is 1. The smallest absolute Gasteiger partial charge is 0.191 e. The Kier molecular flexibility index (Phi) is 6.78. The van der Waals surface area contributed by atoms with E-state index in [4.69, 9.17) is 0 Å². The predicted molar refractivity (Wildman–Crippen MR) is 95.4 cm³/mol. The van der Waals surface area contributed by atoms with Crippen molar-refractivity contribution in [3.05, 3.63) is 53.9 Å². The van der Waals surface area contributed by atoms with Gasteiger partial charge in [0, 0.05) is 32.5 Å². The molecule has 0 spiro atoms. The van der Waals surface area contributed by atoms with Crippen LogP contribution in [0, 0.1) is 11.7 Å². The first-order chi connectivity index (χ1) is 11.6. The molecule has 130 valence electrons. The topological polar surface area (TPSA) is 54.2 Å². The Hall–Kier alpha value is -2.37. The Labute approximate surface area is 143 Å². The normalized spacial score (nSPS) is 11.8. The second-order valence-corrected chi connectivity index (χ2v) is 6.12. The number of aliphatic imine (C=N–C) groups is 1. The molecule has 0 bridgehead atoms. The van der Waals surface area contributed by atoms with Crippen LogP contribution >= 0.6 is 0 Å². The lowest BCUT2D eigenvalue weighted by Crippen LogP contribution is -2.38. The van der Waals surface area contributed by atoms with Crippen molar-refractivity contribution in [1.29, 1.82) is 0 Å². The maximum absolute atomic E-state index is 13.2. The molecular weight excluding hydrogens is 305 g/mol.